The zero-order chi connectivity index (χ0) is 8.27. The van der Waals surface area contributed by atoms with Crippen molar-refractivity contribution in [3.8, 4) is 0 Å². The molecule has 0 aliphatic rings. The first-order valence-electron chi connectivity index (χ1n) is 3.18. The van der Waals surface area contributed by atoms with E-state index in [1.165, 1.54) is 18.4 Å². The molecular weight excluding hydrogens is 162 g/mol. The Hall–Kier alpha value is -0.740. The quantitative estimate of drug-likeness (QED) is 0.643. The number of carbonyl (C=O) groups is 1. The van der Waals surface area contributed by atoms with Gasteiger partial charge in [-0.25, -0.2) is 4.98 Å². The van der Waals surface area contributed by atoms with Crippen LogP contribution in [-0.2, 0) is 4.74 Å². The number of methoxy groups -OCH3 is 1. The van der Waals surface area contributed by atoms with E-state index in [2.05, 4.69) is 9.72 Å². The van der Waals surface area contributed by atoms with Crippen molar-refractivity contribution in [1.29, 1.82) is 0 Å². The highest BCUT2D eigenvalue weighted by Gasteiger charge is 2.08. The maximum atomic E-state index is 11.1. The predicted octanol–water partition coefficient (Wildman–Crippen LogP) is 1.28. The lowest BCUT2D eigenvalue weighted by atomic mass is 10.4. The Morgan fingerprint density at radius 2 is 2.55 bits per heavy atom. The summed E-state index contributed by atoms with van der Waals surface area (Å²) in [5, 5.41) is 2.38. The maximum Gasteiger partial charge on any atom is 0.216 e. The molecule has 0 fully saturated rings. The number of aryl methyl sites for hydroxylation is 1. The topological polar surface area (TPSA) is 39.2 Å². The molecule has 0 unspecified atom stereocenters. The second-order valence-electron chi connectivity index (χ2n) is 2.15. The maximum absolute atomic E-state index is 11.1. The molecule has 0 radical (unpaired) electrons. The van der Waals surface area contributed by atoms with Gasteiger partial charge in [-0.1, -0.05) is 0 Å². The molecule has 4 heteroatoms. The van der Waals surface area contributed by atoms with Crippen LogP contribution in [0.1, 0.15) is 15.5 Å². The van der Waals surface area contributed by atoms with Gasteiger partial charge in [0.15, 0.2) is 5.01 Å². The standard InChI is InChI=1S/C7H9NO2S/c1-5-4-11-7(8-5)6(9)3-10-2/h4H,3H2,1-2H3. The summed E-state index contributed by atoms with van der Waals surface area (Å²) >= 11 is 1.36. The summed E-state index contributed by atoms with van der Waals surface area (Å²) in [7, 11) is 1.50. The van der Waals surface area contributed by atoms with Gasteiger partial charge in [0.1, 0.15) is 6.61 Å². The van der Waals surface area contributed by atoms with Crippen LogP contribution in [0.2, 0.25) is 0 Å². The van der Waals surface area contributed by atoms with Gasteiger partial charge in [-0.05, 0) is 6.92 Å². The number of Topliss-reactive ketones (excluding diaryl/α,β-unsaturated/α-hetero) is 1. The van der Waals surface area contributed by atoms with Gasteiger partial charge in [0.2, 0.25) is 5.78 Å². The average Bonchev–Trinajstić information content (AvgIpc) is 2.36. The molecule has 1 rings (SSSR count). The van der Waals surface area contributed by atoms with Crippen LogP contribution in [0, 0.1) is 6.92 Å². The molecule has 1 aromatic rings. The van der Waals surface area contributed by atoms with Gasteiger partial charge in [-0.15, -0.1) is 11.3 Å². The van der Waals surface area contributed by atoms with Gasteiger partial charge >= 0.3 is 0 Å². The second kappa shape index (κ2) is 3.59. The number of rotatable bonds is 3. The van der Waals surface area contributed by atoms with E-state index in [0.29, 0.717) is 5.01 Å². The fourth-order valence-corrected chi connectivity index (χ4v) is 1.40. The number of thiazole rings is 1. The molecule has 0 bridgehead atoms. The summed E-state index contributed by atoms with van der Waals surface area (Å²) in [4.78, 5) is 15.1. The first-order chi connectivity index (χ1) is 5.24. The summed E-state index contributed by atoms with van der Waals surface area (Å²) in [5.74, 6) is -0.0504. The number of nitrogens with zero attached hydrogens (tertiary/aromatic N) is 1. The van der Waals surface area contributed by atoms with Crippen molar-refractivity contribution in [1.82, 2.24) is 4.98 Å². The Labute approximate surface area is 69.0 Å². The molecule has 0 spiro atoms. The van der Waals surface area contributed by atoms with E-state index in [0.717, 1.165) is 5.69 Å². The van der Waals surface area contributed by atoms with Crippen molar-refractivity contribution in [2.75, 3.05) is 13.7 Å². The minimum Gasteiger partial charge on any atom is -0.376 e. The van der Waals surface area contributed by atoms with Crippen molar-refractivity contribution in [2.24, 2.45) is 0 Å². The predicted molar refractivity (Wildman–Crippen MR) is 43.1 cm³/mol. The minimum absolute atomic E-state index is 0.0504. The van der Waals surface area contributed by atoms with Crippen LogP contribution in [0.4, 0.5) is 0 Å². The first-order valence-corrected chi connectivity index (χ1v) is 4.06. The summed E-state index contributed by atoms with van der Waals surface area (Å²) in [6.45, 7) is 1.98. The van der Waals surface area contributed by atoms with Gasteiger partial charge in [0, 0.05) is 18.2 Å². The van der Waals surface area contributed by atoms with Crippen molar-refractivity contribution < 1.29 is 9.53 Å². The van der Waals surface area contributed by atoms with E-state index in [4.69, 9.17) is 0 Å². The fourth-order valence-electron chi connectivity index (χ4n) is 0.675. The molecule has 0 saturated carbocycles. The van der Waals surface area contributed by atoms with Crippen LogP contribution < -0.4 is 0 Å². The Kier molecular flexibility index (Phi) is 2.73. The third-order valence-corrected chi connectivity index (χ3v) is 2.13. The van der Waals surface area contributed by atoms with Crippen LogP contribution in [0.3, 0.4) is 0 Å². The number of ether oxygens (including phenoxy) is 1. The Morgan fingerprint density at radius 3 is 3.00 bits per heavy atom. The highest BCUT2D eigenvalue weighted by atomic mass is 32.1. The van der Waals surface area contributed by atoms with Gasteiger partial charge < -0.3 is 4.74 Å². The summed E-state index contributed by atoms with van der Waals surface area (Å²) in [5.41, 5.74) is 0.884. The lowest BCUT2D eigenvalue weighted by Crippen LogP contribution is -2.06. The van der Waals surface area contributed by atoms with Crippen molar-refractivity contribution >= 4 is 17.1 Å². The molecule has 0 N–H and O–H groups in total. The number of hydrogen-bond acceptors (Lipinski definition) is 4. The van der Waals surface area contributed by atoms with E-state index in [1.807, 2.05) is 12.3 Å². The lowest BCUT2D eigenvalue weighted by Gasteiger charge is -1.91. The Morgan fingerprint density at radius 1 is 1.82 bits per heavy atom. The van der Waals surface area contributed by atoms with E-state index >= 15 is 0 Å². The third-order valence-electron chi connectivity index (χ3n) is 1.13. The zero-order valence-electron chi connectivity index (χ0n) is 6.46. The van der Waals surface area contributed by atoms with Crippen molar-refractivity contribution in [3.63, 3.8) is 0 Å². The average molecular weight is 171 g/mol. The normalized spacial score (nSPS) is 10.0. The second-order valence-corrected chi connectivity index (χ2v) is 3.01. The molecule has 0 aromatic carbocycles. The lowest BCUT2D eigenvalue weighted by molar-refractivity contribution is 0.0847. The molecule has 1 heterocycles. The van der Waals surface area contributed by atoms with E-state index in [9.17, 15) is 4.79 Å². The smallest absolute Gasteiger partial charge is 0.216 e. The first kappa shape index (κ1) is 8.36. The van der Waals surface area contributed by atoms with E-state index < -0.39 is 0 Å². The van der Waals surface area contributed by atoms with Gasteiger partial charge in [0.05, 0.1) is 0 Å². The third kappa shape index (κ3) is 2.10. The van der Waals surface area contributed by atoms with Crippen LogP contribution >= 0.6 is 11.3 Å². The number of aromatic nitrogens is 1. The monoisotopic (exact) mass is 171 g/mol. The molecule has 3 nitrogen and oxygen atoms in total. The molecule has 0 aliphatic carbocycles. The van der Waals surface area contributed by atoms with Crippen LogP contribution in [0.5, 0.6) is 0 Å². The minimum atomic E-state index is -0.0504. The molecule has 0 amide bonds. The zero-order valence-corrected chi connectivity index (χ0v) is 7.27. The number of carbonyl (C=O) groups excluding carboxylic acids is 1. The van der Waals surface area contributed by atoms with Crippen LogP contribution in [0.15, 0.2) is 5.38 Å². The summed E-state index contributed by atoms with van der Waals surface area (Å²) in [6.07, 6.45) is 0. The van der Waals surface area contributed by atoms with Crippen LogP contribution in [-0.4, -0.2) is 24.5 Å². The Bertz CT molecular complexity index is 257. The Balaban J connectivity index is 2.69. The fraction of sp³-hybridized carbons (Fsp3) is 0.429. The van der Waals surface area contributed by atoms with Crippen LogP contribution in [0.25, 0.3) is 0 Å². The number of hydrogen-bond donors (Lipinski definition) is 0. The molecule has 0 saturated heterocycles. The molecular formula is C7H9NO2S. The highest BCUT2D eigenvalue weighted by Crippen LogP contribution is 2.08. The summed E-state index contributed by atoms with van der Waals surface area (Å²) < 4.78 is 4.68. The van der Waals surface area contributed by atoms with Gasteiger partial charge in [-0.2, -0.15) is 0 Å². The van der Waals surface area contributed by atoms with Crippen molar-refractivity contribution in [3.05, 3.63) is 16.1 Å². The molecule has 60 valence electrons. The number of ketones is 1. The SMILES string of the molecule is COCC(=O)c1nc(C)cs1. The molecule has 0 atom stereocenters. The van der Waals surface area contributed by atoms with Gasteiger partial charge in [-0.3, -0.25) is 4.79 Å². The molecule has 11 heavy (non-hydrogen) atoms. The van der Waals surface area contributed by atoms with E-state index in [1.54, 1.807) is 0 Å². The van der Waals surface area contributed by atoms with Gasteiger partial charge in [0.25, 0.3) is 0 Å². The molecule has 0 aliphatic heterocycles. The highest BCUT2D eigenvalue weighted by molar-refractivity contribution is 7.11. The molecule has 1 aromatic heterocycles. The largest absolute Gasteiger partial charge is 0.376 e. The summed E-state index contributed by atoms with van der Waals surface area (Å²) in [6, 6.07) is 0. The van der Waals surface area contributed by atoms with Crippen molar-refractivity contribution in [2.45, 2.75) is 6.92 Å². The van der Waals surface area contributed by atoms with E-state index in [-0.39, 0.29) is 12.4 Å².